The van der Waals surface area contributed by atoms with E-state index in [1.54, 1.807) is 12.1 Å². The highest BCUT2D eigenvalue weighted by Gasteiger charge is 2.06. The van der Waals surface area contributed by atoms with Gasteiger partial charge in [0.1, 0.15) is 0 Å². The van der Waals surface area contributed by atoms with Gasteiger partial charge in [-0.2, -0.15) is 0 Å². The second kappa shape index (κ2) is 4.45. The van der Waals surface area contributed by atoms with Crippen molar-refractivity contribution in [2.45, 2.75) is 5.92 Å². The molecule has 1 rings (SSSR count). The summed E-state index contributed by atoms with van der Waals surface area (Å²) in [5.41, 5.74) is 6.49. The molecular weight excluding hydrogens is 174 g/mol. The lowest BCUT2D eigenvalue weighted by Crippen LogP contribution is -2.15. The van der Waals surface area contributed by atoms with E-state index in [4.69, 9.17) is 22.4 Å². The van der Waals surface area contributed by atoms with Crippen molar-refractivity contribution < 1.29 is 5.11 Å². The normalized spacial score (nSPS) is 12.9. The molecule has 0 fully saturated rings. The van der Waals surface area contributed by atoms with Crippen molar-refractivity contribution in [3.8, 4) is 0 Å². The highest BCUT2D eigenvalue weighted by atomic mass is 35.5. The van der Waals surface area contributed by atoms with Crippen LogP contribution in [0.15, 0.2) is 24.3 Å². The maximum absolute atomic E-state index is 8.94. The third kappa shape index (κ3) is 2.21. The number of nitrogens with two attached hydrogens (primary N) is 1. The topological polar surface area (TPSA) is 46.2 Å². The Balaban J connectivity index is 2.80. The largest absolute Gasteiger partial charge is 0.396 e. The first-order chi connectivity index (χ1) is 5.77. The number of rotatable bonds is 3. The highest BCUT2D eigenvalue weighted by molar-refractivity contribution is 6.30. The smallest absolute Gasteiger partial charge is 0.0511 e. The van der Waals surface area contributed by atoms with E-state index in [1.165, 1.54) is 0 Å². The molecule has 0 aliphatic heterocycles. The van der Waals surface area contributed by atoms with Gasteiger partial charge < -0.3 is 10.8 Å². The molecule has 0 saturated heterocycles. The predicted molar refractivity (Wildman–Crippen MR) is 50.3 cm³/mol. The first kappa shape index (κ1) is 9.52. The van der Waals surface area contributed by atoms with Crippen molar-refractivity contribution in [3.05, 3.63) is 34.9 Å². The lowest BCUT2D eigenvalue weighted by atomic mass is 10.0. The Labute approximate surface area is 77.0 Å². The van der Waals surface area contributed by atoms with Gasteiger partial charge in [-0.1, -0.05) is 23.7 Å². The van der Waals surface area contributed by atoms with Gasteiger partial charge in [-0.3, -0.25) is 0 Å². The molecule has 3 heteroatoms. The molecule has 0 spiro atoms. The molecule has 0 saturated carbocycles. The summed E-state index contributed by atoms with van der Waals surface area (Å²) in [4.78, 5) is 0. The van der Waals surface area contributed by atoms with Crippen LogP contribution in [0.2, 0.25) is 5.02 Å². The quantitative estimate of drug-likeness (QED) is 0.748. The highest BCUT2D eigenvalue weighted by Crippen LogP contribution is 2.16. The van der Waals surface area contributed by atoms with Gasteiger partial charge in [0.2, 0.25) is 0 Å². The van der Waals surface area contributed by atoms with Crippen LogP contribution in [-0.4, -0.2) is 18.3 Å². The SMILES string of the molecule is NC[C@H](CO)c1ccc(Cl)cc1. The van der Waals surface area contributed by atoms with Gasteiger partial charge in [-0.15, -0.1) is 0 Å². The summed E-state index contributed by atoms with van der Waals surface area (Å²) >= 11 is 5.71. The Morgan fingerprint density at radius 1 is 1.33 bits per heavy atom. The van der Waals surface area contributed by atoms with E-state index in [0.29, 0.717) is 11.6 Å². The fourth-order valence-electron chi connectivity index (χ4n) is 1.05. The maximum Gasteiger partial charge on any atom is 0.0511 e. The van der Waals surface area contributed by atoms with Crippen LogP contribution in [0.5, 0.6) is 0 Å². The molecular formula is C9H12ClNO. The molecule has 0 heterocycles. The number of benzene rings is 1. The molecule has 0 unspecified atom stereocenters. The van der Waals surface area contributed by atoms with E-state index in [0.717, 1.165) is 5.56 Å². The third-order valence-electron chi connectivity index (χ3n) is 1.85. The third-order valence-corrected chi connectivity index (χ3v) is 2.10. The lowest BCUT2D eigenvalue weighted by molar-refractivity contribution is 0.268. The average Bonchev–Trinajstić information content (AvgIpc) is 2.10. The first-order valence-corrected chi connectivity index (χ1v) is 4.22. The fraction of sp³-hybridized carbons (Fsp3) is 0.333. The van der Waals surface area contributed by atoms with E-state index >= 15 is 0 Å². The van der Waals surface area contributed by atoms with E-state index in [-0.39, 0.29) is 12.5 Å². The average molecular weight is 186 g/mol. The summed E-state index contributed by atoms with van der Waals surface area (Å²) in [5.74, 6) is 0.0299. The molecule has 0 amide bonds. The first-order valence-electron chi connectivity index (χ1n) is 3.84. The Morgan fingerprint density at radius 3 is 2.33 bits per heavy atom. The van der Waals surface area contributed by atoms with Gasteiger partial charge in [0, 0.05) is 17.5 Å². The van der Waals surface area contributed by atoms with Crippen molar-refractivity contribution in [3.63, 3.8) is 0 Å². The van der Waals surface area contributed by atoms with E-state index in [2.05, 4.69) is 0 Å². The summed E-state index contributed by atoms with van der Waals surface area (Å²) in [6.45, 7) is 0.538. The van der Waals surface area contributed by atoms with Crippen LogP contribution in [0.25, 0.3) is 0 Å². The van der Waals surface area contributed by atoms with Crippen molar-refractivity contribution in [1.29, 1.82) is 0 Å². The minimum absolute atomic E-state index is 0.0299. The number of aliphatic hydroxyl groups excluding tert-OH is 1. The van der Waals surface area contributed by atoms with Gasteiger partial charge in [-0.25, -0.2) is 0 Å². The molecule has 1 aromatic carbocycles. The Kier molecular flexibility index (Phi) is 3.53. The summed E-state index contributed by atoms with van der Waals surface area (Å²) in [7, 11) is 0. The van der Waals surface area contributed by atoms with Crippen LogP contribution in [0.1, 0.15) is 11.5 Å². The molecule has 2 nitrogen and oxygen atoms in total. The van der Waals surface area contributed by atoms with Crippen molar-refractivity contribution >= 4 is 11.6 Å². The van der Waals surface area contributed by atoms with Crippen molar-refractivity contribution in [2.24, 2.45) is 5.73 Å². The van der Waals surface area contributed by atoms with Crippen molar-refractivity contribution in [1.82, 2.24) is 0 Å². The predicted octanol–water partition coefficient (Wildman–Crippen LogP) is 1.37. The Bertz CT molecular complexity index is 231. The number of halogens is 1. The molecule has 0 aliphatic rings. The molecule has 0 aliphatic carbocycles. The Hall–Kier alpha value is -0.570. The van der Waals surface area contributed by atoms with Crippen LogP contribution in [0.4, 0.5) is 0 Å². The van der Waals surface area contributed by atoms with Crippen LogP contribution in [0, 0.1) is 0 Å². The zero-order valence-corrected chi connectivity index (χ0v) is 7.46. The van der Waals surface area contributed by atoms with Crippen molar-refractivity contribution in [2.75, 3.05) is 13.2 Å². The second-order valence-electron chi connectivity index (χ2n) is 2.67. The van der Waals surface area contributed by atoms with E-state index in [9.17, 15) is 0 Å². The van der Waals surface area contributed by atoms with Gasteiger partial charge in [0.25, 0.3) is 0 Å². The Morgan fingerprint density at radius 2 is 1.92 bits per heavy atom. The molecule has 66 valence electrons. The molecule has 1 aromatic rings. The summed E-state index contributed by atoms with van der Waals surface area (Å²) in [5, 5.41) is 9.64. The van der Waals surface area contributed by atoms with Crippen LogP contribution in [0.3, 0.4) is 0 Å². The minimum atomic E-state index is 0.0299. The minimum Gasteiger partial charge on any atom is -0.396 e. The van der Waals surface area contributed by atoms with Crippen LogP contribution in [-0.2, 0) is 0 Å². The molecule has 3 N–H and O–H groups in total. The summed E-state index contributed by atoms with van der Waals surface area (Å²) < 4.78 is 0. The monoisotopic (exact) mass is 185 g/mol. The molecule has 0 radical (unpaired) electrons. The van der Waals surface area contributed by atoms with Crippen LogP contribution < -0.4 is 5.73 Å². The van der Waals surface area contributed by atoms with Gasteiger partial charge in [0.05, 0.1) is 6.61 Å². The summed E-state index contributed by atoms with van der Waals surface area (Å²) in [6, 6.07) is 7.37. The standard InChI is InChI=1S/C9H12ClNO/c10-9-3-1-7(2-4-9)8(5-11)6-12/h1-4,8,12H,5-6,11H2/t8-/m1/s1. The molecule has 0 bridgehead atoms. The van der Waals surface area contributed by atoms with E-state index < -0.39 is 0 Å². The number of aliphatic hydroxyl groups is 1. The van der Waals surface area contributed by atoms with Gasteiger partial charge in [0.15, 0.2) is 0 Å². The lowest BCUT2D eigenvalue weighted by Gasteiger charge is -2.11. The molecule has 12 heavy (non-hydrogen) atoms. The van der Waals surface area contributed by atoms with E-state index in [1.807, 2.05) is 12.1 Å². The number of hydrogen-bond acceptors (Lipinski definition) is 2. The zero-order valence-electron chi connectivity index (χ0n) is 6.70. The van der Waals surface area contributed by atoms with Gasteiger partial charge >= 0.3 is 0 Å². The second-order valence-corrected chi connectivity index (χ2v) is 3.10. The maximum atomic E-state index is 8.94. The summed E-state index contributed by atoms with van der Waals surface area (Å²) in [6.07, 6.45) is 0. The van der Waals surface area contributed by atoms with Crippen LogP contribution >= 0.6 is 11.6 Å². The molecule has 0 aromatic heterocycles. The zero-order chi connectivity index (χ0) is 8.97. The fourth-order valence-corrected chi connectivity index (χ4v) is 1.18. The molecule has 1 atom stereocenters. The number of hydrogen-bond donors (Lipinski definition) is 2. The van der Waals surface area contributed by atoms with Gasteiger partial charge in [-0.05, 0) is 17.7 Å².